The predicted octanol–water partition coefficient (Wildman–Crippen LogP) is 6.49. The molecule has 4 nitrogen and oxygen atoms in total. The van der Waals surface area contributed by atoms with Crippen LogP contribution in [0.3, 0.4) is 0 Å². The first kappa shape index (κ1) is 24.2. The molecule has 158 valence electrons. The second kappa shape index (κ2) is 13.4. The van der Waals surface area contributed by atoms with E-state index in [1.807, 2.05) is 13.0 Å². The minimum atomic E-state index is -0.276. The summed E-state index contributed by atoms with van der Waals surface area (Å²) in [4.78, 5) is 24.4. The van der Waals surface area contributed by atoms with Crippen molar-refractivity contribution in [1.29, 1.82) is 0 Å². The molecule has 1 aromatic carbocycles. The summed E-state index contributed by atoms with van der Waals surface area (Å²) in [7, 11) is 0. The number of hydrogen-bond donors (Lipinski definition) is 0. The van der Waals surface area contributed by atoms with Gasteiger partial charge in [-0.3, -0.25) is 9.59 Å². The van der Waals surface area contributed by atoms with E-state index in [9.17, 15) is 9.59 Å². The molecule has 28 heavy (non-hydrogen) atoms. The largest absolute Gasteiger partial charge is 0.423 e. The lowest BCUT2D eigenvalue weighted by atomic mass is 10.1. The number of benzene rings is 1. The zero-order valence-corrected chi connectivity index (χ0v) is 18.4. The maximum Gasteiger partial charge on any atom is 0.311 e. The molecular weight excluding hydrogens is 352 g/mol. The predicted molar refractivity (Wildman–Crippen MR) is 114 cm³/mol. The van der Waals surface area contributed by atoms with Crippen LogP contribution in [0.15, 0.2) is 18.2 Å². The van der Waals surface area contributed by atoms with Crippen LogP contribution in [-0.2, 0) is 16.0 Å². The molecule has 0 saturated heterocycles. The SMILES string of the molecule is CCc1ccc(OC(=O)CCCCC(C)C)c(OC(=O)CCCCC(C)C)c1. The summed E-state index contributed by atoms with van der Waals surface area (Å²) in [6.07, 6.45) is 7.46. The maximum absolute atomic E-state index is 12.2. The van der Waals surface area contributed by atoms with Crippen LogP contribution >= 0.6 is 0 Å². The van der Waals surface area contributed by atoms with Crippen molar-refractivity contribution in [3.05, 3.63) is 23.8 Å². The zero-order chi connectivity index (χ0) is 20.9. The van der Waals surface area contributed by atoms with Gasteiger partial charge in [0.25, 0.3) is 0 Å². The number of rotatable bonds is 13. The minimum Gasteiger partial charge on any atom is -0.423 e. The van der Waals surface area contributed by atoms with Gasteiger partial charge >= 0.3 is 11.9 Å². The van der Waals surface area contributed by atoms with Crippen LogP contribution in [0.2, 0.25) is 0 Å². The first-order valence-corrected chi connectivity index (χ1v) is 10.9. The average molecular weight is 391 g/mol. The molecule has 0 N–H and O–H groups in total. The molecule has 1 aromatic rings. The van der Waals surface area contributed by atoms with Crippen LogP contribution in [0.4, 0.5) is 0 Å². The second-order valence-electron chi connectivity index (χ2n) is 8.36. The molecular formula is C24H38O4. The van der Waals surface area contributed by atoms with E-state index in [1.165, 1.54) is 0 Å². The van der Waals surface area contributed by atoms with Crippen LogP contribution in [0.5, 0.6) is 11.5 Å². The van der Waals surface area contributed by atoms with Crippen molar-refractivity contribution in [1.82, 2.24) is 0 Å². The van der Waals surface area contributed by atoms with E-state index in [4.69, 9.17) is 9.47 Å². The third-order valence-electron chi connectivity index (χ3n) is 4.69. The van der Waals surface area contributed by atoms with Gasteiger partial charge < -0.3 is 9.47 Å². The summed E-state index contributed by atoms with van der Waals surface area (Å²) < 4.78 is 11.0. The summed E-state index contributed by atoms with van der Waals surface area (Å²) in [5.41, 5.74) is 1.04. The van der Waals surface area contributed by atoms with Gasteiger partial charge in [0.05, 0.1) is 0 Å². The van der Waals surface area contributed by atoms with E-state index >= 15 is 0 Å². The van der Waals surface area contributed by atoms with Gasteiger partial charge in [0.2, 0.25) is 0 Å². The molecule has 0 aromatic heterocycles. The Morgan fingerprint density at radius 1 is 0.786 bits per heavy atom. The molecule has 0 amide bonds. The fourth-order valence-corrected chi connectivity index (χ4v) is 2.93. The Kier molecular flexibility index (Phi) is 11.5. The van der Waals surface area contributed by atoms with Gasteiger partial charge in [-0.1, -0.05) is 66.4 Å². The molecule has 0 fully saturated rings. The number of carbonyl (C=O) groups is 2. The number of carbonyl (C=O) groups excluding carboxylic acids is 2. The van der Waals surface area contributed by atoms with E-state index < -0.39 is 0 Å². The van der Waals surface area contributed by atoms with Crippen molar-refractivity contribution in [2.45, 2.75) is 92.4 Å². The molecule has 0 saturated carbocycles. The van der Waals surface area contributed by atoms with Crippen molar-refractivity contribution in [3.63, 3.8) is 0 Å². The maximum atomic E-state index is 12.2. The van der Waals surface area contributed by atoms with Gasteiger partial charge in [-0.25, -0.2) is 0 Å². The number of ether oxygens (including phenoxy) is 2. The van der Waals surface area contributed by atoms with E-state index in [0.29, 0.717) is 36.2 Å². The lowest BCUT2D eigenvalue weighted by molar-refractivity contribution is -0.137. The smallest absolute Gasteiger partial charge is 0.311 e. The lowest BCUT2D eigenvalue weighted by Gasteiger charge is -2.12. The first-order chi connectivity index (χ1) is 13.3. The van der Waals surface area contributed by atoms with Crippen LogP contribution in [0.25, 0.3) is 0 Å². The lowest BCUT2D eigenvalue weighted by Crippen LogP contribution is -2.12. The van der Waals surface area contributed by atoms with E-state index in [2.05, 4.69) is 27.7 Å². The Morgan fingerprint density at radius 3 is 1.75 bits per heavy atom. The standard InChI is InChI=1S/C24H38O4/c1-6-20-15-16-21(27-23(25)13-9-7-11-18(2)3)22(17-20)28-24(26)14-10-8-12-19(4)5/h15-19H,6-14H2,1-5H3. The first-order valence-electron chi connectivity index (χ1n) is 10.9. The normalized spacial score (nSPS) is 11.1. The average Bonchev–Trinajstić information content (AvgIpc) is 2.63. The van der Waals surface area contributed by atoms with Crippen molar-refractivity contribution in [2.75, 3.05) is 0 Å². The van der Waals surface area contributed by atoms with Crippen LogP contribution in [0.1, 0.15) is 91.5 Å². The highest BCUT2D eigenvalue weighted by molar-refractivity contribution is 5.76. The molecule has 0 aliphatic rings. The summed E-state index contributed by atoms with van der Waals surface area (Å²) in [5.74, 6) is 1.42. The number of hydrogen-bond acceptors (Lipinski definition) is 4. The molecule has 0 atom stereocenters. The third-order valence-corrected chi connectivity index (χ3v) is 4.69. The van der Waals surface area contributed by atoms with Gasteiger partial charge in [0.1, 0.15) is 0 Å². The molecule has 1 rings (SSSR count). The highest BCUT2D eigenvalue weighted by atomic mass is 16.6. The van der Waals surface area contributed by atoms with E-state index in [-0.39, 0.29) is 11.9 Å². The Morgan fingerprint density at radius 2 is 1.29 bits per heavy atom. The summed E-state index contributed by atoms with van der Waals surface area (Å²) >= 11 is 0. The number of esters is 2. The minimum absolute atomic E-state index is 0.272. The van der Waals surface area contributed by atoms with Crippen LogP contribution < -0.4 is 9.47 Å². The Labute approximate surface area is 171 Å². The highest BCUT2D eigenvalue weighted by Gasteiger charge is 2.15. The van der Waals surface area contributed by atoms with E-state index in [0.717, 1.165) is 50.5 Å². The summed E-state index contributed by atoms with van der Waals surface area (Å²) in [5, 5.41) is 0. The van der Waals surface area contributed by atoms with Gasteiger partial charge in [-0.15, -0.1) is 0 Å². The topological polar surface area (TPSA) is 52.6 Å². The van der Waals surface area contributed by atoms with Gasteiger partial charge in [-0.05, 0) is 48.8 Å². The van der Waals surface area contributed by atoms with Crippen molar-refractivity contribution >= 4 is 11.9 Å². The Balaban J connectivity index is 2.61. The van der Waals surface area contributed by atoms with Gasteiger partial charge in [0, 0.05) is 12.8 Å². The quantitative estimate of drug-likeness (QED) is 0.219. The van der Waals surface area contributed by atoms with Crippen molar-refractivity contribution in [2.24, 2.45) is 11.8 Å². The monoisotopic (exact) mass is 390 g/mol. The van der Waals surface area contributed by atoms with Gasteiger partial charge in [-0.2, -0.15) is 0 Å². The van der Waals surface area contributed by atoms with E-state index in [1.54, 1.807) is 12.1 Å². The molecule has 4 heteroatoms. The Bertz CT molecular complexity index is 605. The van der Waals surface area contributed by atoms with Crippen molar-refractivity contribution in [3.8, 4) is 11.5 Å². The highest BCUT2D eigenvalue weighted by Crippen LogP contribution is 2.30. The molecule has 0 radical (unpaired) electrons. The van der Waals surface area contributed by atoms with Gasteiger partial charge in [0.15, 0.2) is 11.5 Å². The number of aryl methyl sites for hydroxylation is 1. The fraction of sp³-hybridized carbons (Fsp3) is 0.667. The molecule has 0 bridgehead atoms. The number of unbranched alkanes of at least 4 members (excludes halogenated alkanes) is 2. The fourth-order valence-electron chi connectivity index (χ4n) is 2.93. The molecule has 0 aliphatic carbocycles. The summed E-state index contributed by atoms with van der Waals surface area (Å²) in [6.45, 7) is 10.7. The molecule has 0 unspecified atom stereocenters. The van der Waals surface area contributed by atoms with Crippen LogP contribution in [0, 0.1) is 11.8 Å². The molecule has 0 spiro atoms. The summed E-state index contributed by atoms with van der Waals surface area (Å²) in [6, 6.07) is 5.43. The molecule has 0 heterocycles. The Hall–Kier alpha value is -1.84. The van der Waals surface area contributed by atoms with Crippen LogP contribution in [-0.4, -0.2) is 11.9 Å². The molecule has 0 aliphatic heterocycles. The zero-order valence-electron chi connectivity index (χ0n) is 18.4. The second-order valence-corrected chi connectivity index (χ2v) is 8.36. The third kappa shape index (κ3) is 10.5. The van der Waals surface area contributed by atoms with Crippen molar-refractivity contribution < 1.29 is 19.1 Å².